The van der Waals surface area contributed by atoms with Crippen LogP contribution in [0.2, 0.25) is 5.02 Å². The second-order valence-electron chi connectivity index (χ2n) is 9.73. The van der Waals surface area contributed by atoms with Gasteiger partial charge in [0.25, 0.3) is 5.89 Å². The van der Waals surface area contributed by atoms with Crippen LogP contribution in [0.25, 0.3) is 11.5 Å². The quantitative estimate of drug-likeness (QED) is 0.421. The van der Waals surface area contributed by atoms with Gasteiger partial charge in [-0.2, -0.15) is 4.98 Å². The topological polar surface area (TPSA) is 144 Å². The van der Waals surface area contributed by atoms with Gasteiger partial charge in [-0.15, -0.1) is 0 Å². The number of carbonyl (C=O) groups excluding carboxylic acids is 1. The Morgan fingerprint density at radius 1 is 1.36 bits per heavy atom. The number of nitrogens with zero attached hydrogens (tertiary/aromatic N) is 3. The fourth-order valence-corrected chi connectivity index (χ4v) is 5.51. The van der Waals surface area contributed by atoms with Crippen LogP contribution in [0.5, 0.6) is 0 Å². The Morgan fingerprint density at radius 2 is 2.17 bits per heavy atom. The number of aliphatic hydroxyl groups is 2. The molecule has 0 unspecified atom stereocenters. The van der Waals surface area contributed by atoms with Crippen LogP contribution in [0.3, 0.4) is 0 Å². The van der Waals surface area contributed by atoms with Crippen molar-refractivity contribution in [3.05, 3.63) is 34.6 Å². The van der Waals surface area contributed by atoms with Crippen molar-refractivity contribution in [1.29, 1.82) is 0 Å². The van der Waals surface area contributed by atoms with Gasteiger partial charge in [-0.05, 0) is 45.1 Å². The van der Waals surface area contributed by atoms with Gasteiger partial charge in [0.1, 0.15) is 11.7 Å². The summed E-state index contributed by atoms with van der Waals surface area (Å²) < 4.78 is 16.7. The Labute approximate surface area is 215 Å². The monoisotopic (exact) mass is 522 g/mol. The first-order chi connectivity index (χ1) is 17.2. The molecule has 11 heteroatoms. The number of aryl methyl sites for hydroxylation is 1. The number of rotatable bonds is 9. The molecule has 4 N–H and O–H groups in total. The molecule has 4 rings (SSSR count). The number of unbranched alkanes of at least 4 members (excludes halogenated alkanes) is 1. The van der Waals surface area contributed by atoms with Crippen LogP contribution in [-0.2, 0) is 19.9 Å². The molecule has 1 aromatic heterocycles. The molecule has 1 aliphatic heterocycles. The third-order valence-corrected chi connectivity index (χ3v) is 7.53. The Kier molecular flexibility index (Phi) is 8.64. The number of carbonyl (C=O) groups is 1. The summed E-state index contributed by atoms with van der Waals surface area (Å²) in [6.45, 7) is 3.13. The average Bonchev–Trinajstić information content (AvgIpc) is 3.45. The Balaban J connectivity index is 1.66. The first kappa shape index (κ1) is 27.0. The molecule has 2 aliphatic rings. The van der Waals surface area contributed by atoms with Crippen LogP contribution in [-0.4, -0.2) is 82.8 Å². The molecular weight excluding hydrogens is 488 g/mol. The number of hydrogen-bond acceptors (Lipinski definition) is 9. The van der Waals surface area contributed by atoms with Gasteiger partial charge in [-0.3, -0.25) is 4.79 Å². The van der Waals surface area contributed by atoms with Gasteiger partial charge in [0, 0.05) is 37.8 Å². The van der Waals surface area contributed by atoms with E-state index in [9.17, 15) is 15.0 Å². The highest BCUT2D eigenvalue weighted by Crippen LogP contribution is 2.42. The number of halogens is 1. The summed E-state index contributed by atoms with van der Waals surface area (Å²) in [6.07, 6.45) is 1.12. The van der Waals surface area contributed by atoms with Crippen molar-refractivity contribution in [2.45, 2.75) is 62.9 Å². The molecule has 1 aromatic carbocycles. The lowest BCUT2D eigenvalue weighted by atomic mass is 9.80. The van der Waals surface area contributed by atoms with Crippen LogP contribution < -0.4 is 5.73 Å². The third kappa shape index (κ3) is 5.58. The number of morpholine rings is 1. The molecule has 2 aromatic rings. The molecule has 5 atom stereocenters. The van der Waals surface area contributed by atoms with E-state index in [1.165, 1.54) is 0 Å². The smallest absolute Gasteiger partial charge is 0.259 e. The summed E-state index contributed by atoms with van der Waals surface area (Å²) in [4.78, 5) is 19.4. The van der Waals surface area contributed by atoms with E-state index < -0.39 is 23.9 Å². The van der Waals surface area contributed by atoms with E-state index in [1.807, 2.05) is 0 Å². The number of methoxy groups -OCH3 is 1. The molecule has 1 aliphatic carbocycles. The fraction of sp³-hybridized carbons (Fsp3) is 0.640. The molecule has 1 saturated heterocycles. The van der Waals surface area contributed by atoms with Crippen LogP contribution in [0, 0.1) is 12.8 Å². The highest BCUT2D eigenvalue weighted by Gasteiger charge is 2.46. The lowest BCUT2D eigenvalue weighted by molar-refractivity contribution is -0.167. The molecule has 36 heavy (non-hydrogen) atoms. The zero-order valence-corrected chi connectivity index (χ0v) is 21.5. The predicted molar refractivity (Wildman–Crippen MR) is 132 cm³/mol. The average molecular weight is 523 g/mol. The van der Waals surface area contributed by atoms with Crippen LogP contribution in [0.15, 0.2) is 22.7 Å². The Hall–Kier alpha value is -2.08. The Bertz CT molecular complexity index is 1040. The predicted octanol–water partition coefficient (Wildman–Crippen LogP) is 2.03. The number of aliphatic hydroxyl groups excluding tert-OH is 1. The number of benzene rings is 1. The summed E-state index contributed by atoms with van der Waals surface area (Å²) in [6, 6.07) is 4.85. The highest BCUT2D eigenvalue weighted by atomic mass is 35.5. The third-order valence-electron chi connectivity index (χ3n) is 7.21. The maximum atomic E-state index is 13.3. The SMILES string of the molecule is COCCCC[C@](O)(c1cccc(Cl)c1-c1nc(C)no1)[C@H]1CN(C(=O)[C@H]2C[C@@H](N)[C@@H](O)C2)CCO1. The Morgan fingerprint density at radius 3 is 2.83 bits per heavy atom. The van der Waals surface area contributed by atoms with E-state index in [-0.39, 0.29) is 30.9 Å². The molecule has 0 spiro atoms. The zero-order chi connectivity index (χ0) is 25.9. The van der Waals surface area contributed by atoms with Crippen LogP contribution in [0.1, 0.15) is 43.5 Å². The highest BCUT2D eigenvalue weighted by molar-refractivity contribution is 6.33. The molecule has 0 radical (unpaired) electrons. The summed E-state index contributed by atoms with van der Waals surface area (Å²) >= 11 is 6.59. The number of amides is 1. The molecule has 10 nitrogen and oxygen atoms in total. The maximum absolute atomic E-state index is 13.3. The van der Waals surface area contributed by atoms with Gasteiger partial charge in [-0.25, -0.2) is 0 Å². The zero-order valence-electron chi connectivity index (χ0n) is 20.7. The summed E-state index contributed by atoms with van der Waals surface area (Å²) in [5.41, 5.74) is 5.41. The van der Waals surface area contributed by atoms with Crippen molar-refractivity contribution in [2.24, 2.45) is 11.7 Å². The van der Waals surface area contributed by atoms with Gasteiger partial charge in [0.05, 0.1) is 29.8 Å². The molecule has 198 valence electrons. The second kappa shape index (κ2) is 11.5. The van der Waals surface area contributed by atoms with Crippen molar-refractivity contribution in [1.82, 2.24) is 15.0 Å². The normalized spacial score (nSPS) is 26.2. The minimum Gasteiger partial charge on any atom is -0.391 e. The number of aromatic nitrogens is 2. The fourth-order valence-electron chi connectivity index (χ4n) is 5.26. The first-order valence-corrected chi connectivity index (χ1v) is 12.8. The maximum Gasteiger partial charge on any atom is 0.259 e. The van der Waals surface area contributed by atoms with Crippen molar-refractivity contribution in [3.8, 4) is 11.5 Å². The van der Waals surface area contributed by atoms with Gasteiger partial charge in [0.15, 0.2) is 5.82 Å². The van der Waals surface area contributed by atoms with E-state index in [0.717, 1.165) is 6.42 Å². The molecular formula is C25H35ClN4O6. The van der Waals surface area contributed by atoms with Crippen molar-refractivity contribution in [2.75, 3.05) is 33.4 Å². The van der Waals surface area contributed by atoms with Crippen molar-refractivity contribution >= 4 is 17.5 Å². The minimum atomic E-state index is -1.50. The van der Waals surface area contributed by atoms with E-state index in [1.54, 1.807) is 37.1 Å². The van der Waals surface area contributed by atoms with E-state index in [4.69, 9.17) is 31.3 Å². The van der Waals surface area contributed by atoms with Gasteiger partial charge in [-0.1, -0.05) is 28.9 Å². The largest absolute Gasteiger partial charge is 0.391 e. The van der Waals surface area contributed by atoms with Gasteiger partial charge < -0.3 is 34.8 Å². The summed E-state index contributed by atoms with van der Waals surface area (Å²) in [7, 11) is 1.64. The number of hydrogen-bond donors (Lipinski definition) is 3. The molecule has 1 saturated carbocycles. The van der Waals surface area contributed by atoms with E-state index in [2.05, 4.69) is 10.1 Å². The number of nitrogens with two attached hydrogens (primary N) is 1. The molecule has 2 fully saturated rings. The molecule has 1 amide bonds. The minimum absolute atomic E-state index is 0.0733. The molecule has 2 heterocycles. The lowest BCUT2D eigenvalue weighted by Gasteiger charge is -2.43. The van der Waals surface area contributed by atoms with Crippen molar-refractivity contribution < 1.29 is 29.0 Å². The van der Waals surface area contributed by atoms with Crippen LogP contribution in [0.4, 0.5) is 0 Å². The van der Waals surface area contributed by atoms with E-state index in [0.29, 0.717) is 60.8 Å². The summed E-state index contributed by atoms with van der Waals surface area (Å²) in [5.74, 6) is 0.241. The first-order valence-electron chi connectivity index (χ1n) is 12.4. The lowest BCUT2D eigenvalue weighted by Crippen LogP contribution is -2.55. The van der Waals surface area contributed by atoms with Gasteiger partial charge in [0.2, 0.25) is 5.91 Å². The van der Waals surface area contributed by atoms with E-state index >= 15 is 0 Å². The second-order valence-corrected chi connectivity index (χ2v) is 10.1. The van der Waals surface area contributed by atoms with Crippen LogP contribution >= 0.6 is 11.6 Å². The molecule has 0 bridgehead atoms. The summed E-state index contributed by atoms with van der Waals surface area (Å²) in [5, 5.41) is 26.6. The van der Waals surface area contributed by atoms with Gasteiger partial charge >= 0.3 is 0 Å². The number of ether oxygens (including phenoxy) is 2. The van der Waals surface area contributed by atoms with Crippen molar-refractivity contribution in [3.63, 3.8) is 0 Å². The standard InChI is InChI=1S/C25H35ClN4O6/c1-15-28-23(36-29-15)22-17(6-5-7-18(22)26)25(33,8-3-4-10-34-2)21-14-30(9-11-35-21)24(32)16-12-19(27)20(31)13-16/h5-7,16,19-21,31,33H,3-4,8-14,27H2,1-2H3/t16-,19+,20-,21+,25-/m0/s1.